The van der Waals surface area contributed by atoms with Crippen molar-refractivity contribution in [1.82, 2.24) is 4.90 Å². The van der Waals surface area contributed by atoms with Gasteiger partial charge in [-0.15, -0.1) is 0 Å². The number of rotatable bonds is 7. The van der Waals surface area contributed by atoms with E-state index in [0.717, 1.165) is 6.26 Å². The largest absolute Gasteiger partial charge is 0.300 e. The van der Waals surface area contributed by atoms with Gasteiger partial charge in [0.2, 0.25) is 0 Å². The molecule has 0 aromatic heterocycles. The smallest absolute Gasteiger partial charge is 0.182 e. The monoisotopic (exact) mass is 413 g/mol. The highest BCUT2D eigenvalue weighted by atomic mass is 35.5. The highest BCUT2D eigenvalue weighted by Gasteiger charge is 2.38. The highest BCUT2D eigenvalue weighted by molar-refractivity contribution is 7.90. The molecule has 0 spiro atoms. The summed E-state index contributed by atoms with van der Waals surface area (Å²) in [5.74, 6) is -2.77. The van der Waals surface area contributed by atoms with E-state index in [1.54, 1.807) is 0 Å². The van der Waals surface area contributed by atoms with E-state index in [0.29, 0.717) is 25.1 Å². The summed E-state index contributed by atoms with van der Waals surface area (Å²) in [6.07, 6.45) is 1.91. The molecule has 8 heteroatoms. The third-order valence-corrected chi connectivity index (χ3v) is 6.51. The van der Waals surface area contributed by atoms with Crippen molar-refractivity contribution in [3.8, 4) is 0 Å². The first-order chi connectivity index (χ1) is 12.6. The molecular formula is C19H24ClNO5S. The predicted molar refractivity (Wildman–Crippen MR) is 103 cm³/mol. The van der Waals surface area contributed by atoms with Crippen molar-refractivity contribution < 1.29 is 22.8 Å². The lowest BCUT2D eigenvalue weighted by molar-refractivity contribution is -0.133. The Labute approximate surface area is 164 Å². The van der Waals surface area contributed by atoms with E-state index in [1.807, 2.05) is 18.7 Å². The van der Waals surface area contributed by atoms with Gasteiger partial charge >= 0.3 is 0 Å². The van der Waals surface area contributed by atoms with E-state index in [2.05, 4.69) is 0 Å². The van der Waals surface area contributed by atoms with Crippen LogP contribution in [-0.2, 0) is 26.0 Å². The number of halogens is 1. The van der Waals surface area contributed by atoms with Crippen LogP contribution in [0.5, 0.6) is 0 Å². The summed E-state index contributed by atoms with van der Waals surface area (Å²) in [6, 6.07) is 2.65. The number of benzene rings is 1. The second kappa shape index (κ2) is 8.63. The van der Waals surface area contributed by atoms with Crippen LogP contribution in [0.2, 0.25) is 5.02 Å². The van der Waals surface area contributed by atoms with Gasteiger partial charge in [0.15, 0.2) is 27.2 Å². The van der Waals surface area contributed by atoms with Gasteiger partial charge in [-0.3, -0.25) is 19.3 Å². The Kier molecular flexibility index (Phi) is 6.94. The Morgan fingerprint density at radius 1 is 1.15 bits per heavy atom. The van der Waals surface area contributed by atoms with E-state index >= 15 is 0 Å². The quantitative estimate of drug-likeness (QED) is 0.504. The summed E-state index contributed by atoms with van der Waals surface area (Å²) < 4.78 is 24.4. The molecule has 0 atom stereocenters. The normalized spacial score (nSPS) is 16.2. The SMILES string of the molecule is CCN(CC)Cc1c(S(C)(=O)=O)ccc(C(=O)C2C(=O)CCCC2=O)c1Cl. The van der Waals surface area contributed by atoms with Crippen molar-refractivity contribution in [1.29, 1.82) is 0 Å². The Bertz CT molecular complexity index is 858. The summed E-state index contributed by atoms with van der Waals surface area (Å²) in [7, 11) is -3.56. The molecule has 2 rings (SSSR count). The van der Waals surface area contributed by atoms with Crippen LogP contribution in [0.3, 0.4) is 0 Å². The van der Waals surface area contributed by atoms with Crippen molar-refractivity contribution >= 4 is 38.8 Å². The fourth-order valence-electron chi connectivity index (χ4n) is 3.31. The van der Waals surface area contributed by atoms with Gasteiger partial charge in [0, 0.05) is 36.8 Å². The molecule has 0 heterocycles. The molecule has 0 saturated heterocycles. The Morgan fingerprint density at radius 2 is 1.70 bits per heavy atom. The molecule has 0 bridgehead atoms. The number of carbonyl (C=O) groups excluding carboxylic acids is 3. The van der Waals surface area contributed by atoms with Gasteiger partial charge < -0.3 is 0 Å². The standard InChI is InChI=1S/C19H24ClNO5S/c1-4-21(5-2)11-13-16(27(3,25)26)10-9-12(18(13)20)19(24)17-14(22)7-6-8-15(17)23/h9-10,17H,4-8,11H2,1-3H3. The molecule has 0 aliphatic heterocycles. The molecule has 0 N–H and O–H groups in total. The van der Waals surface area contributed by atoms with Crippen LogP contribution in [0.15, 0.2) is 17.0 Å². The molecule has 1 aromatic carbocycles. The number of sulfone groups is 1. The Hall–Kier alpha value is -1.57. The molecule has 148 valence electrons. The average Bonchev–Trinajstić information content (AvgIpc) is 2.59. The van der Waals surface area contributed by atoms with Crippen LogP contribution >= 0.6 is 11.6 Å². The van der Waals surface area contributed by atoms with Crippen molar-refractivity contribution in [2.45, 2.75) is 44.6 Å². The maximum absolute atomic E-state index is 12.9. The number of Topliss-reactive ketones (excluding diaryl/α,β-unsaturated/α-hetero) is 3. The lowest BCUT2D eigenvalue weighted by Crippen LogP contribution is -2.35. The number of ketones is 3. The highest BCUT2D eigenvalue weighted by Crippen LogP contribution is 2.32. The van der Waals surface area contributed by atoms with Crippen LogP contribution in [-0.4, -0.2) is 50.0 Å². The van der Waals surface area contributed by atoms with Gasteiger partial charge in [0.05, 0.1) is 9.92 Å². The van der Waals surface area contributed by atoms with Gasteiger partial charge in [-0.25, -0.2) is 8.42 Å². The summed E-state index contributed by atoms with van der Waals surface area (Å²) in [4.78, 5) is 39.2. The summed E-state index contributed by atoms with van der Waals surface area (Å²) in [5.41, 5.74) is 0.351. The molecule has 1 aliphatic carbocycles. The zero-order valence-electron chi connectivity index (χ0n) is 15.7. The predicted octanol–water partition coefficient (Wildman–Crippen LogP) is 2.71. The van der Waals surface area contributed by atoms with Crippen molar-refractivity contribution in [3.05, 3.63) is 28.3 Å². The second-order valence-electron chi connectivity index (χ2n) is 6.72. The van der Waals surface area contributed by atoms with Gasteiger partial charge in [-0.05, 0) is 31.6 Å². The average molecular weight is 414 g/mol. The molecular weight excluding hydrogens is 390 g/mol. The van der Waals surface area contributed by atoms with Gasteiger partial charge in [-0.2, -0.15) is 0 Å². The second-order valence-corrected chi connectivity index (χ2v) is 9.08. The molecule has 0 amide bonds. The van der Waals surface area contributed by atoms with E-state index in [1.165, 1.54) is 12.1 Å². The minimum absolute atomic E-state index is 0.000925. The van der Waals surface area contributed by atoms with Gasteiger partial charge in [0.1, 0.15) is 5.92 Å². The van der Waals surface area contributed by atoms with Crippen molar-refractivity contribution in [3.63, 3.8) is 0 Å². The molecule has 1 saturated carbocycles. The maximum Gasteiger partial charge on any atom is 0.182 e. The minimum atomic E-state index is -3.56. The molecule has 0 unspecified atom stereocenters. The molecule has 27 heavy (non-hydrogen) atoms. The summed E-state index contributed by atoms with van der Waals surface area (Å²) in [6.45, 7) is 5.47. The number of carbonyl (C=O) groups is 3. The Morgan fingerprint density at radius 3 is 2.19 bits per heavy atom. The third-order valence-electron chi connectivity index (χ3n) is 4.89. The minimum Gasteiger partial charge on any atom is -0.300 e. The van der Waals surface area contributed by atoms with Crippen molar-refractivity contribution in [2.24, 2.45) is 5.92 Å². The Balaban J connectivity index is 2.57. The van der Waals surface area contributed by atoms with Gasteiger partial charge in [0.25, 0.3) is 0 Å². The lowest BCUT2D eigenvalue weighted by atomic mass is 9.81. The zero-order chi connectivity index (χ0) is 20.4. The number of nitrogens with zero attached hydrogens (tertiary/aromatic N) is 1. The van der Waals surface area contributed by atoms with Crippen LogP contribution in [0.1, 0.15) is 49.0 Å². The van der Waals surface area contributed by atoms with E-state index < -0.39 is 33.1 Å². The number of hydrogen-bond acceptors (Lipinski definition) is 6. The van der Waals surface area contributed by atoms with Crippen LogP contribution in [0, 0.1) is 5.92 Å². The fraction of sp³-hybridized carbons (Fsp3) is 0.526. The topological polar surface area (TPSA) is 88.6 Å². The molecule has 1 aromatic rings. The van der Waals surface area contributed by atoms with Gasteiger partial charge in [-0.1, -0.05) is 25.4 Å². The van der Waals surface area contributed by atoms with Crippen LogP contribution in [0.25, 0.3) is 0 Å². The summed E-state index contributed by atoms with van der Waals surface area (Å²) in [5, 5.41) is 0.000925. The maximum atomic E-state index is 12.9. The van der Waals surface area contributed by atoms with E-state index in [9.17, 15) is 22.8 Å². The molecule has 0 radical (unpaired) electrons. The zero-order valence-corrected chi connectivity index (χ0v) is 17.3. The molecule has 1 aliphatic rings. The summed E-state index contributed by atoms with van der Waals surface area (Å²) >= 11 is 6.45. The van der Waals surface area contributed by atoms with E-state index in [-0.39, 0.29) is 34.9 Å². The van der Waals surface area contributed by atoms with E-state index in [4.69, 9.17) is 11.6 Å². The first kappa shape index (κ1) is 21.7. The first-order valence-corrected chi connectivity index (χ1v) is 11.2. The first-order valence-electron chi connectivity index (χ1n) is 8.95. The fourth-order valence-corrected chi connectivity index (χ4v) is 4.62. The molecule has 1 fully saturated rings. The lowest BCUT2D eigenvalue weighted by Gasteiger charge is -2.23. The third kappa shape index (κ3) is 4.65. The van der Waals surface area contributed by atoms with Crippen molar-refractivity contribution in [2.75, 3.05) is 19.3 Å². The molecule has 6 nitrogen and oxygen atoms in total. The van der Waals surface area contributed by atoms with Crippen LogP contribution < -0.4 is 0 Å². The van der Waals surface area contributed by atoms with Crippen LogP contribution in [0.4, 0.5) is 0 Å². The number of hydrogen-bond donors (Lipinski definition) is 0.